The van der Waals surface area contributed by atoms with Gasteiger partial charge in [0, 0.05) is 22.6 Å². The molecule has 7 atom stereocenters. The zero-order valence-corrected chi connectivity index (χ0v) is 19.8. The summed E-state index contributed by atoms with van der Waals surface area (Å²) in [5.41, 5.74) is 2.50. The molecule has 0 radical (unpaired) electrons. The number of aryl methyl sites for hydroxylation is 1. The Hall–Kier alpha value is -1.97. The number of carbonyl (C=O) groups excluding carboxylic acids is 2. The van der Waals surface area contributed by atoms with E-state index in [4.69, 9.17) is 17.3 Å². The van der Waals surface area contributed by atoms with Crippen molar-refractivity contribution in [3.05, 3.63) is 44.2 Å². The zero-order valence-electron chi connectivity index (χ0n) is 17.3. The van der Waals surface area contributed by atoms with E-state index in [0.29, 0.717) is 0 Å². The molecule has 6 rings (SSSR count). The van der Waals surface area contributed by atoms with Gasteiger partial charge in [0.15, 0.2) is 3.95 Å². The van der Waals surface area contributed by atoms with Crippen LogP contribution in [0.3, 0.4) is 0 Å². The van der Waals surface area contributed by atoms with Crippen LogP contribution in [0, 0.1) is 40.5 Å². The fourth-order valence-corrected chi connectivity index (χ4v) is 10.1. The molecule has 1 saturated heterocycles. The number of fused-ring (bicyclic) bond motifs is 9. The van der Waals surface area contributed by atoms with Gasteiger partial charge in [0.2, 0.25) is 11.8 Å². The molecule has 2 saturated carbocycles. The highest BCUT2D eigenvalue weighted by Crippen LogP contribution is 2.68. The lowest BCUT2D eigenvalue weighted by Crippen LogP contribution is -2.42. The second kappa shape index (κ2) is 7.27. The molecule has 2 amide bonds. The van der Waals surface area contributed by atoms with Crippen molar-refractivity contribution >= 4 is 53.1 Å². The number of benzene rings is 1. The van der Waals surface area contributed by atoms with E-state index in [9.17, 15) is 14.4 Å². The number of hydrogen-bond donors (Lipinski definition) is 2. The van der Waals surface area contributed by atoms with Crippen LogP contribution in [0.1, 0.15) is 34.8 Å². The summed E-state index contributed by atoms with van der Waals surface area (Å²) in [4.78, 5) is 43.4. The number of carboxylic acids is 1. The molecule has 2 aliphatic carbocycles. The Morgan fingerprint density at radius 3 is 2.66 bits per heavy atom. The number of carboxylic acid groups (broad SMARTS) is 1. The SMILES string of the molecule is Cc1ccccc1C1c2sc(=S)[nH]c2SC2C3CC(C4C(=O)N(CCC(=O)O)C(=O)C34)C12. The maximum Gasteiger partial charge on any atom is 0.305 e. The number of nitrogens with zero attached hydrogens (tertiary/aromatic N) is 1. The molecule has 9 heteroatoms. The minimum Gasteiger partial charge on any atom is -0.481 e. The molecule has 166 valence electrons. The molecular weight excluding hydrogens is 464 g/mol. The molecule has 1 aromatic carbocycles. The van der Waals surface area contributed by atoms with Crippen LogP contribution in [0.4, 0.5) is 0 Å². The fraction of sp³-hybridized carbons (Fsp3) is 0.478. The molecule has 2 N–H and O–H groups in total. The van der Waals surface area contributed by atoms with E-state index in [1.54, 1.807) is 23.1 Å². The highest BCUT2D eigenvalue weighted by Gasteiger charge is 2.69. The first-order valence-electron chi connectivity index (χ1n) is 10.9. The van der Waals surface area contributed by atoms with Gasteiger partial charge >= 0.3 is 5.97 Å². The van der Waals surface area contributed by atoms with Gasteiger partial charge in [-0.3, -0.25) is 19.3 Å². The first-order chi connectivity index (χ1) is 15.4. The molecule has 2 bridgehead atoms. The Morgan fingerprint density at radius 2 is 1.94 bits per heavy atom. The van der Waals surface area contributed by atoms with E-state index >= 15 is 0 Å². The van der Waals surface area contributed by atoms with Crippen molar-refractivity contribution in [2.45, 2.75) is 36.0 Å². The Labute approximate surface area is 198 Å². The van der Waals surface area contributed by atoms with Crippen molar-refractivity contribution in [1.29, 1.82) is 0 Å². The average molecular weight is 487 g/mol. The third-order valence-corrected chi connectivity index (χ3v) is 10.8. The van der Waals surface area contributed by atoms with Crippen molar-refractivity contribution in [3.8, 4) is 0 Å². The van der Waals surface area contributed by atoms with Gasteiger partial charge in [0.25, 0.3) is 0 Å². The molecule has 0 spiro atoms. The third-order valence-electron chi connectivity index (χ3n) is 7.89. The van der Waals surface area contributed by atoms with Crippen LogP contribution in [0.5, 0.6) is 0 Å². The molecule has 7 unspecified atom stereocenters. The first kappa shape index (κ1) is 20.6. The van der Waals surface area contributed by atoms with Crippen LogP contribution in [-0.2, 0) is 14.4 Å². The Morgan fingerprint density at radius 1 is 1.22 bits per heavy atom. The normalized spacial score (nSPS) is 34.5. The summed E-state index contributed by atoms with van der Waals surface area (Å²) in [5.74, 6) is -1.26. The van der Waals surface area contributed by atoms with Gasteiger partial charge in [-0.25, -0.2) is 0 Å². The smallest absolute Gasteiger partial charge is 0.305 e. The monoisotopic (exact) mass is 486 g/mol. The number of aliphatic carboxylic acids is 1. The third kappa shape index (κ3) is 2.77. The van der Waals surface area contributed by atoms with Gasteiger partial charge in [0.05, 0.1) is 23.3 Å². The number of thioether (sulfide) groups is 1. The van der Waals surface area contributed by atoms with Crippen LogP contribution in [0.25, 0.3) is 0 Å². The van der Waals surface area contributed by atoms with Crippen LogP contribution in [0.15, 0.2) is 29.3 Å². The van der Waals surface area contributed by atoms with Gasteiger partial charge in [-0.1, -0.05) is 24.3 Å². The van der Waals surface area contributed by atoms with Gasteiger partial charge in [-0.05, 0) is 54.4 Å². The largest absolute Gasteiger partial charge is 0.481 e. The molecule has 3 fully saturated rings. The molecule has 2 aliphatic heterocycles. The summed E-state index contributed by atoms with van der Waals surface area (Å²) in [7, 11) is 0. The Balaban J connectivity index is 1.43. The Kier molecular flexibility index (Phi) is 4.68. The van der Waals surface area contributed by atoms with Crippen molar-refractivity contribution < 1.29 is 19.5 Å². The summed E-state index contributed by atoms with van der Waals surface area (Å²) >= 11 is 8.92. The van der Waals surface area contributed by atoms with Crippen LogP contribution < -0.4 is 0 Å². The molecule has 32 heavy (non-hydrogen) atoms. The summed E-state index contributed by atoms with van der Waals surface area (Å²) < 4.78 is 0.764. The maximum atomic E-state index is 13.3. The highest BCUT2D eigenvalue weighted by molar-refractivity contribution is 8.00. The molecule has 4 aliphatic rings. The molecule has 2 aromatic rings. The second-order valence-corrected chi connectivity index (χ2v) is 12.2. The number of amides is 2. The van der Waals surface area contributed by atoms with E-state index in [2.05, 4.69) is 30.1 Å². The Bertz CT molecular complexity index is 1220. The highest BCUT2D eigenvalue weighted by atomic mass is 32.2. The predicted molar refractivity (Wildman–Crippen MR) is 123 cm³/mol. The van der Waals surface area contributed by atoms with Crippen molar-refractivity contribution in [2.75, 3.05) is 6.54 Å². The quantitative estimate of drug-likeness (QED) is 0.500. The number of nitrogens with one attached hydrogen (secondary N) is 1. The number of hydrogen-bond acceptors (Lipinski definition) is 6. The van der Waals surface area contributed by atoms with E-state index in [1.807, 2.05) is 6.07 Å². The number of aromatic amines is 1. The number of rotatable bonds is 4. The number of carbonyl (C=O) groups is 3. The fourth-order valence-electron chi connectivity index (χ4n) is 6.79. The van der Waals surface area contributed by atoms with E-state index in [1.165, 1.54) is 20.9 Å². The average Bonchev–Trinajstić information content (AvgIpc) is 3.46. The van der Waals surface area contributed by atoms with Crippen LogP contribution >= 0.6 is 35.3 Å². The summed E-state index contributed by atoms with van der Waals surface area (Å²) in [5, 5.41) is 10.4. The summed E-state index contributed by atoms with van der Waals surface area (Å²) in [6, 6.07) is 8.43. The van der Waals surface area contributed by atoms with Crippen LogP contribution in [-0.4, -0.2) is 44.6 Å². The van der Waals surface area contributed by atoms with Crippen LogP contribution in [0.2, 0.25) is 0 Å². The number of aromatic nitrogens is 1. The number of likely N-dealkylation sites (tertiary alicyclic amines) is 1. The molecule has 6 nitrogen and oxygen atoms in total. The number of H-pyrrole nitrogens is 1. The standard InChI is InChI=1S/C23H22N2O4S3/c1-9-4-2-3-5-10(9)14-15-11-8-12(18(15)31-20-19(14)32-23(30)24-20)17-16(11)21(28)25(22(17)29)7-6-13(26)27/h2-5,11-12,14-18H,6-8H2,1H3,(H,24,30)(H,26,27). The predicted octanol–water partition coefficient (Wildman–Crippen LogP) is 4.06. The molecular formula is C23H22N2O4S3. The minimum absolute atomic E-state index is 0.0242. The number of imide groups is 1. The van der Waals surface area contributed by atoms with Gasteiger partial charge < -0.3 is 10.1 Å². The van der Waals surface area contributed by atoms with Gasteiger partial charge in [0.1, 0.15) is 0 Å². The lowest BCUT2D eigenvalue weighted by molar-refractivity contribution is -0.142. The first-order valence-corrected chi connectivity index (χ1v) is 13.0. The minimum atomic E-state index is -0.992. The second-order valence-electron chi connectivity index (χ2n) is 9.29. The summed E-state index contributed by atoms with van der Waals surface area (Å²) in [6.07, 6.45) is 0.688. The summed E-state index contributed by atoms with van der Waals surface area (Å²) in [6.45, 7) is 2.11. The van der Waals surface area contributed by atoms with Crippen molar-refractivity contribution in [1.82, 2.24) is 9.88 Å². The maximum absolute atomic E-state index is 13.3. The lowest BCUT2D eigenvalue weighted by atomic mass is 9.67. The van der Waals surface area contributed by atoms with E-state index < -0.39 is 5.97 Å². The topological polar surface area (TPSA) is 90.5 Å². The van der Waals surface area contributed by atoms with Crippen molar-refractivity contribution in [2.24, 2.45) is 29.6 Å². The van der Waals surface area contributed by atoms with Crippen molar-refractivity contribution in [3.63, 3.8) is 0 Å². The van der Waals surface area contributed by atoms with E-state index in [-0.39, 0.29) is 65.5 Å². The lowest BCUT2D eigenvalue weighted by Gasteiger charge is -2.43. The molecule has 3 heterocycles. The van der Waals surface area contributed by atoms with Gasteiger partial charge in [-0.2, -0.15) is 0 Å². The zero-order chi connectivity index (χ0) is 22.3. The number of thiazole rings is 1. The van der Waals surface area contributed by atoms with E-state index in [0.717, 1.165) is 15.4 Å². The van der Waals surface area contributed by atoms with Gasteiger partial charge in [-0.15, -0.1) is 23.1 Å². The molecule has 1 aromatic heterocycles.